The Labute approximate surface area is 332 Å². The van der Waals surface area contributed by atoms with Gasteiger partial charge in [0.2, 0.25) is 0 Å². The van der Waals surface area contributed by atoms with E-state index in [1.165, 1.54) is 0 Å². The summed E-state index contributed by atoms with van der Waals surface area (Å²) >= 11 is 0. The smallest absolute Gasteiger partial charge is 0.193 e. The van der Waals surface area contributed by atoms with Gasteiger partial charge in [-0.05, 0) is 91.0 Å². The first kappa shape index (κ1) is 37.3. The lowest BCUT2D eigenvalue weighted by Gasteiger charge is -2.01. The van der Waals surface area contributed by atoms with Crippen LogP contribution in [0.1, 0.15) is 81.1 Å². The Kier molecular flexibility index (Phi) is 11.1. The molecule has 0 atom stereocenters. The molecule has 0 aliphatic rings. The maximum Gasteiger partial charge on any atom is 0.193 e. The van der Waals surface area contributed by atoms with Gasteiger partial charge in [0.25, 0.3) is 0 Å². The molecule has 0 saturated heterocycles. The summed E-state index contributed by atoms with van der Waals surface area (Å²) in [6.45, 7) is 0. The van der Waals surface area contributed by atoms with Crippen LogP contribution >= 0.6 is 0 Å². The van der Waals surface area contributed by atoms with Gasteiger partial charge in [-0.3, -0.25) is 14.4 Å². The number of hydrogen-bond donors (Lipinski definition) is 0. The van der Waals surface area contributed by atoms with E-state index in [1.54, 1.807) is 72.8 Å². The highest BCUT2D eigenvalue weighted by molar-refractivity contribution is 6.10. The molecule has 6 heteroatoms. The first-order valence-corrected chi connectivity index (χ1v) is 18.2. The minimum Gasteiger partial charge on any atom is -0.289 e. The number of carbonyl (C=O) groups excluding carboxylic acids is 3. The van der Waals surface area contributed by atoms with Crippen molar-refractivity contribution < 1.29 is 28.1 Å². The number of carbonyl (C=O) groups is 3. The highest BCUT2D eigenvalue weighted by Gasteiger charge is 2.12. The van der Waals surface area contributed by atoms with E-state index >= 15 is 0 Å². The highest BCUT2D eigenvalue weighted by Crippen LogP contribution is 2.15. The third-order valence-electron chi connectivity index (χ3n) is 9.15. The van der Waals surface area contributed by atoms with E-state index in [4.69, 9.17) is 0 Å². The fourth-order valence-corrected chi connectivity index (χ4v) is 5.85. The van der Waals surface area contributed by atoms with Gasteiger partial charge in [-0.2, -0.15) is 0 Å². The van der Waals surface area contributed by atoms with Gasteiger partial charge in [-0.25, -0.2) is 13.7 Å². The van der Waals surface area contributed by atoms with Crippen LogP contribution in [0.15, 0.2) is 165 Å². The Bertz CT molecular complexity index is 2490. The van der Waals surface area contributed by atoms with Crippen LogP contribution in [-0.2, 0) is 21.1 Å². The van der Waals surface area contributed by atoms with Gasteiger partial charge in [-0.15, -0.1) is 0 Å². The number of rotatable bonds is 6. The second-order valence-corrected chi connectivity index (χ2v) is 13.5. The molecule has 0 amide bonds. The molecule has 0 N–H and O–H groups in total. The fraction of sp³-hybridized carbons (Fsp3) is 0.0588. The lowest BCUT2D eigenvalue weighted by atomic mass is 10.0. The van der Waals surface area contributed by atoms with Crippen LogP contribution < -0.4 is 13.7 Å². The minimum absolute atomic E-state index is 0.0528. The molecule has 0 radical (unpaired) electrons. The zero-order chi connectivity index (χ0) is 39.7. The predicted octanol–water partition coefficient (Wildman–Crippen LogP) is 6.05. The van der Waals surface area contributed by atoms with E-state index in [2.05, 4.69) is 35.5 Å². The van der Waals surface area contributed by atoms with Gasteiger partial charge in [0.1, 0.15) is 21.1 Å². The fourth-order valence-electron chi connectivity index (χ4n) is 5.85. The van der Waals surface area contributed by atoms with Crippen molar-refractivity contribution >= 4 is 17.3 Å². The quantitative estimate of drug-likeness (QED) is 0.119. The topological polar surface area (TPSA) is 62.9 Å². The summed E-state index contributed by atoms with van der Waals surface area (Å²) < 4.78 is 5.65. The van der Waals surface area contributed by atoms with Gasteiger partial charge < -0.3 is 0 Å². The van der Waals surface area contributed by atoms with Crippen LogP contribution in [0.3, 0.4) is 0 Å². The van der Waals surface area contributed by atoms with Crippen molar-refractivity contribution in [2.45, 2.75) is 0 Å². The van der Waals surface area contributed by atoms with Crippen LogP contribution in [0, 0.1) is 35.5 Å². The van der Waals surface area contributed by atoms with Crippen LogP contribution in [0.5, 0.6) is 0 Å². The number of aryl methyl sites for hydroxylation is 3. The average Bonchev–Trinajstić information content (AvgIpc) is 3.25. The molecule has 7 aromatic rings. The highest BCUT2D eigenvalue weighted by atomic mass is 16.1. The van der Waals surface area contributed by atoms with Crippen molar-refractivity contribution in [1.82, 2.24) is 0 Å². The van der Waals surface area contributed by atoms with Crippen molar-refractivity contribution in [1.29, 1.82) is 0 Å². The number of hydrogen-bond acceptors (Lipinski definition) is 3. The Morgan fingerprint density at radius 2 is 0.491 bits per heavy atom. The van der Waals surface area contributed by atoms with Crippen LogP contribution in [0.4, 0.5) is 0 Å². The Balaban J connectivity index is 1.15. The molecular formula is C51H36N3O3+3. The first-order chi connectivity index (χ1) is 27.7. The summed E-state index contributed by atoms with van der Waals surface area (Å²) in [4.78, 5) is 38.9. The van der Waals surface area contributed by atoms with Gasteiger partial charge in [-0.1, -0.05) is 35.5 Å². The van der Waals surface area contributed by atoms with E-state index in [0.717, 1.165) is 33.4 Å². The van der Waals surface area contributed by atoms with Gasteiger partial charge in [0.05, 0.1) is 0 Å². The molecule has 0 spiro atoms. The summed E-state index contributed by atoms with van der Waals surface area (Å²) in [6.07, 6.45) is 11.1. The summed E-state index contributed by atoms with van der Waals surface area (Å²) in [5.41, 5.74) is 8.05. The van der Waals surface area contributed by atoms with Gasteiger partial charge in [0, 0.05) is 103 Å². The van der Waals surface area contributed by atoms with E-state index in [1.807, 2.05) is 127 Å². The summed E-state index contributed by atoms with van der Waals surface area (Å²) in [5.74, 6) is 19.2. The lowest BCUT2D eigenvalue weighted by Crippen LogP contribution is -2.26. The molecule has 7 rings (SSSR count). The summed E-state index contributed by atoms with van der Waals surface area (Å²) in [6, 6.07) is 38.3. The molecule has 0 fully saturated rings. The van der Waals surface area contributed by atoms with E-state index in [0.29, 0.717) is 33.4 Å². The van der Waals surface area contributed by atoms with Crippen LogP contribution in [0.25, 0.3) is 0 Å². The first-order valence-electron chi connectivity index (χ1n) is 18.2. The summed E-state index contributed by atoms with van der Waals surface area (Å²) in [5, 5.41) is 0. The molecule has 0 aliphatic carbocycles. The third-order valence-corrected chi connectivity index (χ3v) is 9.15. The van der Waals surface area contributed by atoms with Crippen molar-refractivity contribution in [3.63, 3.8) is 0 Å². The molecule has 270 valence electrons. The average molecular weight is 739 g/mol. The Morgan fingerprint density at radius 1 is 0.298 bits per heavy atom. The van der Waals surface area contributed by atoms with Crippen molar-refractivity contribution in [2.24, 2.45) is 21.1 Å². The normalized spacial score (nSPS) is 10.2. The third kappa shape index (κ3) is 9.58. The van der Waals surface area contributed by atoms with E-state index < -0.39 is 0 Å². The van der Waals surface area contributed by atoms with Crippen LogP contribution in [0.2, 0.25) is 0 Å². The number of aromatic nitrogens is 3. The Hall–Kier alpha value is -7.98. The molecule has 0 unspecified atom stereocenters. The maximum absolute atomic E-state index is 13.0. The van der Waals surface area contributed by atoms with Gasteiger partial charge in [0.15, 0.2) is 54.5 Å². The number of pyridine rings is 3. The SMILES string of the molecule is C[n+]1ccc(C(=O)c2ccc(C#Cc3cc(C#Cc4ccc(C(=O)c5cc[n+](C)cc5)cc4)cc(C#Cc4ccc(C(=O)c5cc[n+](C)cc5)cc4)c3)cc2)cc1. The molecule has 3 aromatic heterocycles. The largest absolute Gasteiger partial charge is 0.289 e. The molecule has 4 aromatic carbocycles. The van der Waals surface area contributed by atoms with Gasteiger partial charge >= 0.3 is 0 Å². The molecule has 57 heavy (non-hydrogen) atoms. The van der Waals surface area contributed by atoms with Crippen molar-refractivity contribution in [3.05, 3.63) is 231 Å². The summed E-state index contributed by atoms with van der Waals surface area (Å²) in [7, 11) is 5.72. The standard InChI is InChI=1S/C51H36N3O3/c1-52-28-22-46(23-29-52)49(55)43-16-10-37(11-17-43)4-7-40-34-41(8-5-38-12-18-44(19-13-38)50(56)47-24-30-53(2)31-25-47)36-42(35-40)9-6-39-14-20-45(21-15-39)51(57)48-26-32-54(3)33-27-48/h10-36H,1-3H3/q+3. The molecule has 0 saturated carbocycles. The second kappa shape index (κ2) is 17.0. The van der Waals surface area contributed by atoms with E-state index in [9.17, 15) is 14.4 Å². The molecular weight excluding hydrogens is 703 g/mol. The number of benzene rings is 4. The molecule has 6 nitrogen and oxygen atoms in total. The Morgan fingerprint density at radius 3 is 0.719 bits per heavy atom. The molecule has 0 aliphatic heterocycles. The molecule has 0 bridgehead atoms. The second-order valence-electron chi connectivity index (χ2n) is 13.5. The van der Waals surface area contributed by atoms with E-state index in [-0.39, 0.29) is 17.3 Å². The monoisotopic (exact) mass is 738 g/mol. The molecule has 3 heterocycles. The maximum atomic E-state index is 13.0. The zero-order valence-electron chi connectivity index (χ0n) is 31.7. The number of nitrogens with zero attached hydrogens (tertiary/aromatic N) is 3. The predicted molar refractivity (Wildman–Crippen MR) is 217 cm³/mol. The zero-order valence-corrected chi connectivity index (χ0v) is 31.7. The lowest BCUT2D eigenvalue weighted by molar-refractivity contribution is -0.671. The minimum atomic E-state index is -0.0528. The van der Waals surface area contributed by atoms with Crippen molar-refractivity contribution in [2.75, 3.05) is 0 Å². The van der Waals surface area contributed by atoms with Crippen LogP contribution in [-0.4, -0.2) is 17.3 Å². The van der Waals surface area contributed by atoms with Crippen molar-refractivity contribution in [3.8, 4) is 35.5 Å². The number of ketones is 3.